The zero-order chi connectivity index (χ0) is 13.9. The lowest BCUT2D eigenvalue weighted by atomic mass is 9.97. The van der Waals surface area contributed by atoms with Crippen molar-refractivity contribution in [3.8, 4) is 5.75 Å². The number of hydrogen-bond acceptors (Lipinski definition) is 3. The van der Waals surface area contributed by atoms with E-state index in [0.717, 1.165) is 31.4 Å². The van der Waals surface area contributed by atoms with Crippen molar-refractivity contribution in [3.05, 3.63) is 29.8 Å². The van der Waals surface area contributed by atoms with Crippen LogP contribution in [0.4, 0.5) is 13.2 Å². The average molecular weight is 274 g/mol. The van der Waals surface area contributed by atoms with Gasteiger partial charge >= 0.3 is 6.36 Å². The largest absolute Gasteiger partial charge is 0.573 e. The minimum atomic E-state index is -4.65. The molecule has 0 radical (unpaired) electrons. The first-order valence-corrected chi connectivity index (χ1v) is 6.30. The molecular weight excluding hydrogens is 257 g/mol. The SMILES string of the molecule is NN1CCCCC1Cc1cccc(OC(F)(F)F)c1. The number of alkyl halides is 3. The third kappa shape index (κ3) is 4.40. The number of nitrogens with two attached hydrogens (primary N) is 1. The first kappa shape index (κ1) is 14.1. The van der Waals surface area contributed by atoms with Gasteiger partial charge in [0, 0.05) is 12.6 Å². The normalized spacial score (nSPS) is 21.4. The summed E-state index contributed by atoms with van der Waals surface area (Å²) in [6, 6.07) is 6.29. The Hall–Kier alpha value is -1.27. The second-order valence-corrected chi connectivity index (χ2v) is 4.79. The van der Waals surface area contributed by atoms with Gasteiger partial charge in [0.15, 0.2) is 0 Å². The maximum absolute atomic E-state index is 12.1. The minimum Gasteiger partial charge on any atom is -0.406 e. The Morgan fingerprint density at radius 2 is 2.11 bits per heavy atom. The van der Waals surface area contributed by atoms with Crippen molar-refractivity contribution in [3.63, 3.8) is 0 Å². The van der Waals surface area contributed by atoms with Gasteiger partial charge in [-0.2, -0.15) is 0 Å². The summed E-state index contributed by atoms with van der Waals surface area (Å²) in [5, 5.41) is 1.78. The van der Waals surface area contributed by atoms with Crippen LogP contribution < -0.4 is 10.6 Å². The maximum Gasteiger partial charge on any atom is 0.573 e. The van der Waals surface area contributed by atoms with Crippen LogP contribution in [0.15, 0.2) is 24.3 Å². The molecule has 1 unspecified atom stereocenters. The first-order valence-electron chi connectivity index (χ1n) is 6.30. The fourth-order valence-corrected chi connectivity index (χ4v) is 2.38. The van der Waals surface area contributed by atoms with Crippen molar-refractivity contribution in [2.24, 2.45) is 5.84 Å². The quantitative estimate of drug-likeness (QED) is 0.861. The molecule has 2 rings (SSSR count). The Balaban J connectivity index is 2.02. The molecule has 0 bridgehead atoms. The molecule has 1 heterocycles. The fourth-order valence-electron chi connectivity index (χ4n) is 2.38. The molecule has 1 aromatic rings. The summed E-state index contributed by atoms with van der Waals surface area (Å²) in [5.41, 5.74) is 0.809. The second kappa shape index (κ2) is 5.79. The number of rotatable bonds is 3. The van der Waals surface area contributed by atoms with Gasteiger partial charge in [0.25, 0.3) is 0 Å². The summed E-state index contributed by atoms with van der Waals surface area (Å²) in [5.74, 6) is 5.71. The highest BCUT2D eigenvalue weighted by Gasteiger charge is 2.31. The highest BCUT2D eigenvalue weighted by Crippen LogP contribution is 2.25. The Bertz CT molecular complexity index is 423. The van der Waals surface area contributed by atoms with Gasteiger partial charge < -0.3 is 4.74 Å². The van der Waals surface area contributed by atoms with E-state index in [9.17, 15) is 13.2 Å². The van der Waals surface area contributed by atoms with Crippen LogP contribution in [0.2, 0.25) is 0 Å². The van der Waals surface area contributed by atoms with Gasteiger partial charge in [0.05, 0.1) is 0 Å². The summed E-state index contributed by atoms with van der Waals surface area (Å²) >= 11 is 0. The van der Waals surface area contributed by atoms with Gasteiger partial charge in [0.1, 0.15) is 5.75 Å². The maximum atomic E-state index is 12.1. The Morgan fingerprint density at radius 1 is 1.32 bits per heavy atom. The fraction of sp³-hybridized carbons (Fsp3) is 0.538. The predicted molar refractivity (Wildman–Crippen MR) is 65.4 cm³/mol. The number of hydrazine groups is 1. The summed E-state index contributed by atoms with van der Waals surface area (Å²) in [7, 11) is 0. The molecule has 106 valence electrons. The molecule has 0 aromatic heterocycles. The van der Waals surface area contributed by atoms with E-state index in [1.165, 1.54) is 12.1 Å². The Labute approximate surface area is 110 Å². The smallest absolute Gasteiger partial charge is 0.406 e. The summed E-state index contributed by atoms with van der Waals surface area (Å²) in [4.78, 5) is 0. The van der Waals surface area contributed by atoms with Crippen LogP contribution in [0.25, 0.3) is 0 Å². The third-order valence-corrected chi connectivity index (χ3v) is 3.28. The zero-order valence-electron chi connectivity index (χ0n) is 10.5. The van der Waals surface area contributed by atoms with Crippen LogP contribution in [0.1, 0.15) is 24.8 Å². The first-order chi connectivity index (χ1) is 8.94. The van der Waals surface area contributed by atoms with Crippen molar-refractivity contribution in [1.82, 2.24) is 5.01 Å². The number of ether oxygens (including phenoxy) is 1. The molecule has 19 heavy (non-hydrogen) atoms. The van der Waals surface area contributed by atoms with Crippen molar-refractivity contribution >= 4 is 0 Å². The monoisotopic (exact) mass is 274 g/mol. The molecule has 0 aliphatic carbocycles. The number of piperidine rings is 1. The van der Waals surface area contributed by atoms with E-state index in [-0.39, 0.29) is 11.8 Å². The van der Waals surface area contributed by atoms with Crippen molar-refractivity contribution in [1.29, 1.82) is 0 Å². The van der Waals surface area contributed by atoms with E-state index in [2.05, 4.69) is 4.74 Å². The van der Waals surface area contributed by atoms with Crippen molar-refractivity contribution in [2.45, 2.75) is 38.1 Å². The lowest BCUT2D eigenvalue weighted by Gasteiger charge is -2.31. The average Bonchev–Trinajstić information content (AvgIpc) is 2.30. The lowest BCUT2D eigenvalue weighted by Crippen LogP contribution is -2.45. The standard InChI is InChI=1S/C13H17F3N2O/c14-13(15,16)19-12-6-3-4-10(9-12)8-11-5-1-2-7-18(11)17/h3-4,6,9,11H,1-2,5,7-8,17H2. The molecule has 1 aliphatic rings. The lowest BCUT2D eigenvalue weighted by molar-refractivity contribution is -0.274. The second-order valence-electron chi connectivity index (χ2n) is 4.79. The molecule has 6 heteroatoms. The van der Waals surface area contributed by atoms with Gasteiger partial charge in [-0.3, -0.25) is 5.84 Å². The molecule has 3 nitrogen and oxygen atoms in total. The Kier molecular flexibility index (Phi) is 4.31. The van der Waals surface area contributed by atoms with Crippen LogP contribution in [-0.2, 0) is 6.42 Å². The van der Waals surface area contributed by atoms with E-state index < -0.39 is 6.36 Å². The van der Waals surface area contributed by atoms with E-state index in [0.29, 0.717) is 6.42 Å². The predicted octanol–water partition coefficient (Wildman–Crippen LogP) is 2.86. The molecular formula is C13H17F3N2O. The van der Waals surface area contributed by atoms with Crippen molar-refractivity contribution in [2.75, 3.05) is 6.54 Å². The number of nitrogens with zero attached hydrogens (tertiary/aromatic N) is 1. The Morgan fingerprint density at radius 3 is 2.79 bits per heavy atom. The molecule has 1 fully saturated rings. The van der Waals surface area contributed by atoms with E-state index in [1.54, 1.807) is 17.1 Å². The zero-order valence-corrected chi connectivity index (χ0v) is 10.5. The van der Waals surface area contributed by atoms with Crippen LogP contribution in [0.5, 0.6) is 5.75 Å². The molecule has 0 saturated carbocycles. The number of halogens is 3. The van der Waals surface area contributed by atoms with Gasteiger partial charge in [-0.25, -0.2) is 5.01 Å². The highest BCUT2D eigenvalue weighted by atomic mass is 19.4. The summed E-state index contributed by atoms with van der Waals surface area (Å²) in [6.07, 6.45) is -0.850. The topological polar surface area (TPSA) is 38.5 Å². The van der Waals surface area contributed by atoms with Crippen LogP contribution in [0.3, 0.4) is 0 Å². The van der Waals surface area contributed by atoms with E-state index >= 15 is 0 Å². The summed E-state index contributed by atoms with van der Waals surface area (Å²) < 4.78 is 40.3. The molecule has 1 atom stereocenters. The molecule has 0 spiro atoms. The van der Waals surface area contributed by atoms with Crippen LogP contribution in [-0.4, -0.2) is 24.0 Å². The molecule has 1 saturated heterocycles. The van der Waals surface area contributed by atoms with Gasteiger partial charge in [-0.1, -0.05) is 18.6 Å². The van der Waals surface area contributed by atoms with Crippen LogP contribution >= 0.6 is 0 Å². The third-order valence-electron chi connectivity index (χ3n) is 3.28. The van der Waals surface area contributed by atoms with E-state index in [4.69, 9.17) is 5.84 Å². The highest BCUT2D eigenvalue weighted by molar-refractivity contribution is 5.29. The van der Waals surface area contributed by atoms with E-state index in [1.807, 2.05) is 0 Å². The van der Waals surface area contributed by atoms with Crippen molar-refractivity contribution < 1.29 is 17.9 Å². The molecule has 1 aliphatic heterocycles. The number of hydrogen-bond donors (Lipinski definition) is 1. The van der Waals surface area contributed by atoms with Crippen LogP contribution in [0, 0.1) is 0 Å². The molecule has 2 N–H and O–H groups in total. The minimum absolute atomic E-state index is 0.176. The summed E-state index contributed by atoms with van der Waals surface area (Å²) in [6.45, 7) is 0.837. The van der Waals surface area contributed by atoms with Gasteiger partial charge in [-0.15, -0.1) is 13.2 Å². The van der Waals surface area contributed by atoms with Gasteiger partial charge in [0.2, 0.25) is 0 Å². The van der Waals surface area contributed by atoms with Gasteiger partial charge in [-0.05, 0) is 37.0 Å². The number of benzene rings is 1. The molecule has 1 aromatic carbocycles. The molecule has 0 amide bonds.